The van der Waals surface area contributed by atoms with Crippen molar-refractivity contribution in [3.05, 3.63) is 35.7 Å². The van der Waals surface area contributed by atoms with Crippen molar-refractivity contribution in [1.82, 2.24) is 19.4 Å². The molecule has 2 aromatic rings. The Labute approximate surface area is 209 Å². The third kappa shape index (κ3) is 4.95. The number of ether oxygens (including phenoxy) is 2. The summed E-state index contributed by atoms with van der Waals surface area (Å²) in [6.45, 7) is 2.37. The molecule has 1 aliphatic carbocycles. The van der Waals surface area contributed by atoms with Crippen molar-refractivity contribution >= 4 is 10.0 Å². The van der Waals surface area contributed by atoms with Crippen LogP contribution < -0.4 is 14.2 Å². The second kappa shape index (κ2) is 10.1. The lowest BCUT2D eigenvalue weighted by Crippen LogP contribution is -2.56. The van der Waals surface area contributed by atoms with E-state index < -0.39 is 10.0 Å². The number of fused-ring (bicyclic) bond motifs is 3. The zero-order valence-electron chi connectivity index (χ0n) is 21.1. The number of hydrogen-bond acceptors (Lipinski definition) is 6. The van der Waals surface area contributed by atoms with Gasteiger partial charge in [-0.15, -0.1) is 0 Å². The highest BCUT2D eigenvalue weighted by atomic mass is 32.2. The molecule has 0 spiro atoms. The molecule has 6 rings (SSSR count). The first-order chi connectivity index (χ1) is 16.9. The molecule has 1 saturated carbocycles. The Morgan fingerprint density at radius 1 is 1.09 bits per heavy atom. The molecule has 0 radical (unpaired) electrons. The van der Waals surface area contributed by atoms with Gasteiger partial charge in [0.05, 0.1) is 19.9 Å². The second-order valence-corrected chi connectivity index (χ2v) is 12.1. The van der Waals surface area contributed by atoms with E-state index >= 15 is 0 Å². The van der Waals surface area contributed by atoms with Crippen molar-refractivity contribution in [2.75, 3.05) is 33.9 Å². The molecule has 2 bridgehead atoms. The molecule has 8 nitrogen and oxygen atoms in total. The van der Waals surface area contributed by atoms with Crippen LogP contribution in [-0.4, -0.2) is 63.0 Å². The van der Waals surface area contributed by atoms with Gasteiger partial charge in [-0.1, -0.05) is 19.3 Å². The Morgan fingerprint density at radius 3 is 2.57 bits per heavy atom. The van der Waals surface area contributed by atoms with Gasteiger partial charge in [0.2, 0.25) is 10.0 Å². The normalized spacial score (nSPS) is 27.2. The van der Waals surface area contributed by atoms with Crippen LogP contribution in [0.1, 0.15) is 68.2 Å². The fourth-order valence-electron chi connectivity index (χ4n) is 6.41. The molecule has 0 amide bonds. The van der Waals surface area contributed by atoms with Crippen molar-refractivity contribution in [3.8, 4) is 11.5 Å². The van der Waals surface area contributed by atoms with E-state index in [9.17, 15) is 8.42 Å². The molecular weight excluding hydrogens is 464 g/mol. The third-order valence-corrected chi connectivity index (χ3v) is 9.83. The van der Waals surface area contributed by atoms with Crippen LogP contribution in [0.15, 0.2) is 29.2 Å². The van der Waals surface area contributed by atoms with E-state index in [0.717, 1.165) is 25.9 Å². The highest BCUT2D eigenvalue weighted by Gasteiger charge is 2.42. The number of benzene rings is 1. The van der Waals surface area contributed by atoms with Crippen LogP contribution in [0.2, 0.25) is 0 Å². The lowest BCUT2D eigenvalue weighted by atomic mass is 9.74. The van der Waals surface area contributed by atoms with Gasteiger partial charge in [-0.05, 0) is 56.3 Å². The second-order valence-electron chi connectivity index (χ2n) is 10.4. The number of nitrogens with one attached hydrogen (secondary N) is 1. The van der Waals surface area contributed by atoms with Crippen molar-refractivity contribution in [2.24, 2.45) is 13.0 Å². The predicted molar refractivity (Wildman–Crippen MR) is 135 cm³/mol. The first kappa shape index (κ1) is 24.6. The highest BCUT2D eigenvalue weighted by Crippen LogP contribution is 2.43. The Morgan fingerprint density at radius 2 is 1.89 bits per heavy atom. The number of sulfonamides is 1. The van der Waals surface area contributed by atoms with E-state index in [-0.39, 0.29) is 10.9 Å². The van der Waals surface area contributed by atoms with Crippen LogP contribution in [0.3, 0.4) is 0 Å². The molecular formula is C26H38N4O4S. The first-order valence-corrected chi connectivity index (χ1v) is 14.4. The van der Waals surface area contributed by atoms with Crippen molar-refractivity contribution < 1.29 is 17.9 Å². The number of aryl methyl sites for hydroxylation is 1. The van der Waals surface area contributed by atoms with Gasteiger partial charge in [-0.25, -0.2) is 13.1 Å². The van der Waals surface area contributed by atoms with E-state index in [4.69, 9.17) is 14.6 Å². The largest absolute Gasteiger partial charge is 0.497 e. The SMILES string of the molecule is COc1ccc(OC)c(S(=O)(=O)NC[C@H]2C[C@@H]3CCN2C[C@@H]3c2cc(C3CCCCC3)nn2C)c1. The van der Waals surface area contributed by atoms with E-state index in [1.165, 1.54) is 63.8 Å². The Hall–Kier alpha value is -2.10. The van der Waals surface area contributed by atoms with Gasteiger partial charge in [0, 0.05) is 49.8 Å². The topological polar surface area (TPSA) is 85.7 Å². The zero-order valence-corrected chi connectivity index (χ0v) is 21.9. The quantitative estimate of drug-likeness (QED) is 0.593. The maximum Gasteiger partial charge on any atom is 0.244 e. The summed E-state index contributed by atoms with van der Waals surface area (Å²) in [5.41, 5.74) is 2.62. The molecule has 9 heteroatoms. The molecule has 3 aliphatic heterocycles. The fourth-order valence-corrected chi connectivity index (χ4v) is 7.67. The average Bonchev–Trinajstić information content (AvgIpc) is 3.29. The maximum atomic E-state index is 13.1. The first-order valence-electron chi connectivity index (χ1n) is 12.9. The lowest BCUT2D eigenvalue weighted by Gasteiger charge is -2.50. The summed E-state index contributed by atoms with van der Waals surface area (Å²) in [6, 6.07) is 7.40. The summed E-state index contributed by atoms with van der Waals surface area (Å²) < 4.78 is 41.8. The molecule has 4 heterocycles. The standard InChI is InChI=1S/C26H38N4O4S/c1-29-24(15-23(28-29)18-7-5-4-6-8-18)22-17-30-12-11-19(22)13-20(30)16-27-35(31,32)26-14-21(33-2)9-10-25(26)34-3/h9-10,14-15,18-20,22,27H,4-8,11-13,16-17H2,1-3H3/t19-,20+,22-/m0/s1. The number of hydrogen-bond donors (Lipinski definition) is 1. The minimum atomic E-state index is -3.73. The Kier molecular flexibility index (Phi) is 7.10. The third-order valence-electron chi connectivity index (χ3n) is 8.39. The fraction of sp³-hybridized carbons (Fsp3) is 0.654. The van der Waals surface area contributed by atoms with E-state index in [2.05, 4.69) is 27.4 Å². The molecule has 1 aromatic heterocycles. The van der Waals surface area contributed by atoms with Gasteiger partial charge in [-0.3, -0.25) is 9.58 Å². The van der Waals surface area contributed by atoms with Gasteiger partial charge in [0.15, 0.2) is 0 Å². The van der Waals surface area contributed by atoms with E-state index in [1.54, 1.807) is 12.1 Å². The number of piperidine rings is 3. The highest BCUT2D eigenvalue weighted by molar-refractivity contribution is 7.89. The van der Waals surface area contributed by atoms with Crippen molar-refractivity contribution in [3.63, 3.8) is 0 Å². The zero-order chi connectivity index (χ0) is 24.6. The number of aromatic nitrogens is 2. The molecule has 1 aromatic carbocycles. The molecule has 1 N–H and O–H groups in total. The summed E-state index contributed by atoms with van der Waals surface area (Å²) in [4.78, 5) is 2.57. The van der Waals surface area contributed by atoms with Gasteiger partial charge >= 0.3 is 0 Å². The van der Waals surface area contributed by atoms with Gasteiger partial charge in [0.1, 0.15) is 16.4 Å². The summed E-state index contributed by atoms with van der Waals surface area (Å²) >= 11 is 0. The van der Waals surface area contributed by atoms with Crippen LogP contribution in [-0.2, 0) is 17.1 Å². The van der Waals surface area contributed by atoms with Crippen LogP contribution >= 0.6 is 0 Å². The van der Waals surface area contributed by atoms with Gasteiger partial charge in [-0.2, -0.15) is 5.10 Å². The molecule has 4 atom stereocenters. The summed E-state index contributed by atoms with van der Waals surface area (Å²) in [7, 11) is 1.36. The molecule has 3 saturated heterocycles. The minimum Gasteiger partial charge on any atom is -0.497 e. The summed E-state index contributed by atoms with van der Waals surface area (Å²) in [5, 5.41) is 4.93. The van der Waals surface area contributed by atoms with Gasteiger partial charge < -0.3 is 9.47 Å². The molecule has 192 valence electrons. The molecule has 4 aliphatic rings. The summed E-state index contributed by atoms with van der Waals surface area (Å²) in [5.74, 6) is 2.42. The van der Waals surface area contributed by atoms with E-state index in [0.29, 0.717) is 35.8 Å². The molecule has 35 heavy (non-hydrogen) atoms. The number of methoxy groups -OCH3 is 2. The minimum absolute atomic E-state index is 0.110. The van der Waals surface area contributed by atoms with Crippen molar-refractivity contribution in [2.45, 2.75) is 67.7 Å². The molecule has 1 unspecified atom stereocenters. The van der Waals surface area contributed by atoms with Crippen LogP contribution in [0.4, 0.5) is 0 Å². The Balaban J connectivity index is 1.26. The van der Waals surface area contributed by atoms with Crippen LogP contribution in [0.25, 0.3) is 0 Å². The number of nitrogens with zero attached hydrogens (tertiary/aromatic N) is 3. The number of rotatable bonds is 8. The summed E-state index contributed by atoms with van der Waals surface area (Å²) in [6.07, 6.45) is 8.65. The smallest absolute Gasteiger partial charge is 0.244 e. The molecule has 4 fully saturated rings. The monoisotopic (exact) mass is 502 g/mol. The van der Waals surface area contributed by atoms with Gasteiger partial charge in [0.25, 0.3) is 0 Å². The maximum absolute atomic E-state index is 13.1. The van der Waals surface area contributed by atoms with E-state index in [1.807, 2.05) is 0 Å². The average molecular weight is 503 g/mol. The lowest BCUT2D eigenvalue weighted by molar-refractivity contribution is 0.0306. The van der Waals surface area contributed by atoms with Crippen LogP contribution in [0.5, 0.6) is 11.5 Å². The van der Waals surface area contributed by atoms with Crippen LogP contribution in [0, 0.1) is 5.92 Å². The predicted octanol–water partition coefficient (Wildman–Crippen LogP) is 3.64. The Bertz CT molecular complexity index is 1140. The van der Waals surface area contributed by atoms with Crippen molar-refractivity contribution in [1.29, 1.82) is 0 Å².